The zero-order valence-electron chi connectivity index (χ0n) is 17.9. The molecular formula is C22H26FeN6S2. The van der Waals surface area contributed by atoms with E-state index in [1.54, 1.807) is 36.3 Å². The van der Waals surface area contributed by atoms with Crippen LogP contribution in [0.15, 0.2) is 96.4 Å². The number of nitrogens with zero attached hydrogens (tertiary/aromatic N) is 6. The summed E-state index contributed by atoms with van der Waals surface area (Å²) in [6, 6.07) is 0. The van der Waals surface area contributed by atoms with Crippen molar-refractivity contribution in [3.05, 3.63) is 120 Å². The SMILES string of the molecule is CSN1C=C(C)N(/C=C2/C=CC=C[N-]2)[CH-]1.CSN1C=C(C)N(/C=C2/C=CC=C[N-]2)[CH-]1.[Fe+4]. The first-order valence-corrected chi connectivity index (χ1v) is 11.8. The minimum Gasteiger partial charge on any atom is -0.663 e. The molecule has 0 aliphatic carbocycles. The van der Waals surface area contributed by atoms with E-state index >= 15 is 0 Å². The molecule has 0 amide bonds. The van der Waals surface area contributed by atoms with E-state index in [1.165, 1.54) is 11.4 Å². The predicted octanol–water partition coefficient (Wildman–Crippen LogP) is 6.32. The second-order valence-electron chi connectivity index (χ2n) is 6.44. The average molecular weight is 494 g/mol. The maximum atomic E-state index is 4.26. The summed E-state index contributed by atoms with van der Waals surface area (Å²) < 4.78 is 4.13. The van der Waals surface area contributed by atoms with Crippen molar-refractivity contribution in [3.63, 3.8) is 0 Å². The Morgan fingerprint density at radius 1 is 0.742 bits per heavy atom. The molecule has 0 aromatic rings. The van der Waals surface area contributed by atoms with Gasteiger partial charge in [0.25, 0.3) is 0 Å². The number of hydrogen-bond acceptors (Lipinski definition) is 6. The number of hydrogen-bond donors (Lipinski definition) is 0. The van der Waals surface area contributed by atoms with Crippen LogP contribution in [0.2, 0.25) is 0 Å². The molecule has 0 saturated heterocycles. The van der Waals surface area contributed by atoms with Crippen molar-refractivity contribution >= 4 is 23.9 Å². The fourth-order valence-electron chi connectivity index (χ4n) is 2.66. The maximum Gasteiger partial charge on any atom is 4.00 e. The van der Waals surface area contributed by atoms with Crippen molar-refractivity contribution in [2.24, 2.45) is 0 Å². The molecule has 4 rings (SSSR count). The van der Waals surface area contributed by atoms with Crippen molar-refractivity contribution in [3.8, 4) is 0 Å². The van der Waals surface area contributed by atoms with E-state index in [0.29, 0.717) is 0 Å². The number of rotatable bonds is 4. The molecule has 0 fully saturated rings. The van der Waals surface area contributed by atoms with Crippen LogP contribution in [-0.4, -0.2) is 30.9 Å². The van der Waals surface area contributed by atoms with Crippen molar-refractivity contribution in [2.75, 3.05) is 12.5 Å². The van der Waals surface area contributed by atoms with E-state index in [1.807, 2.05) is 74.7 Å². The summed E-state index contributed by atoms with van der Waals surface area (Å²) in [7, 11) is 0. The molecule has 0 aromatic carbocycles. The monoisotopic (exact) mass is 494 g/mol. The normalized spacial score (nSPS) is 21.5. The summed E-state index contributed by atoms with van der Waals surface area (Å²) in [6.07, 6.45) is 27.7. The second kappa shape index (κ2) is 12.7. The minimum atomic E-state index is 0. The van der Waals surface area contributed by atoms with Crippen molar-refractivity contribution in [1.29, 1.82) is 0 Å². The molecule has 9 heteroatoms. The minimum absolute atomic E-state index is 0. The second-order valence-corrected chi connectivity index (χ2v) is 8.01. The van der Waals surface area contributed by atoms with Crippen LogP contribution in [0.25, 0.3) is 10.6 Å². The van der Waals surface area contributed by atoms with Crippen molar-refractivity contribution in [2.45, 2.75) is 13.8 Å². The van der Waals surface area contributed by atoms with Gasteiger partial charge in [0.15, 0.2) is 0 Å². The summed E-state index contributed by atoms with van der Waals surface area (Å²) in [4.78, 5) is 4.14. The van der Waals surface area contributed by atoms with Gasteiger partial charge >= 0.3 is 17.1 Å². The molecule has 0 radical (unpaired) electrons. The molecule has 0 unspecified atom stereocenters. The van der Waals surface area contributed by atoms with Gasteiger partial charge in [-0.05, 0) is 51.2 Å². The first kappa shape index (κ1) is 25.2. The molecular weight excluding hydrogens is 468 g/mol. The molecule has 4 aliphatic rings. The Morgan fingerprint density at radius 3 is 1.45 bits per heavy atom. The van der Waals surface area contributed by atoms with E-state index in [9.17, 15) is 0 Å². The molecule has 4 aliphatic heterocycles. The maximum absolute atomic E-state index is 4.26. The van der Waals surface area contributed by atoms with Gasteiger partial charge in [-0.2, -0.15) is 12.4 Å². The molecule has 31 heavy (non-hydrogen) atoms. The van der Waals surface area contributed by atoms with Crippen LogP contribution in [0.3, 0.4) is 0 Å². The summed E-state index contributed by atoms with van der Waals surface area (Å²) in [5.74, 6) is 0. The molecule has 164 valence electrons. The summed E-state index contributed by atoms with van der Waals surface area (Å²) in [5.41, 5.74) is 4.30. The average Bonchev–Trinajstić information content (AvgIpc) is 3.31. The molecule has 0 spiro atoms. The van der Waals surface area contributed by atoms with E-state index < -0.39 is 0 Å². The first-order chi connectivity index (χ1) is 14.6. The van der Waals surface area contributed by atoms with Gasteiger partial charge < -0.3 is 29.0 Å². The van der Waals surface area contributed by atoms with Crippen LogP contribution in [-0.2, 0) is 17.1 Å². The summed E-state index contributed by atoms with van der Waals surface area (Å²) >= 11 is 3.34. The Bertz CT molecular complexity index is 786. The van der Waals surface area contributed by atoms with E-state index in [-0.39, 0.29) is 17.1 Å². The van der Waals surface area contributed by atoms with Gasteiger partial charge in [-0.25, -0.2) is 0 Å². The van der Waals surface area contributed by atoms with Crippen molar-refractivity contribution in [1.82, 2.24) is 18.4 Å². The zero-order valence-corrected chi connectivity index (χ0v) is 20.7. The van der Waals surface area contributed by atoms with Gasteiger partial charge in [0.1, 0.15) is 0 Å². The van der Waals surface area contributed by atoms with Crippen LogP contribution >= 0.6 is 23.9 Å². The van der Waals surface area contributed by atoms with Gasteiger partial charge in [0, 0.05) is 11.4 Å². The third-order valence-electron chi connectivity index (χ3n) is 4.26. The predicted molar refractivity (Wildman–Crippen MR) is 130 cm³/mol. The Hall–Kier alpha value is -2.06. The van der Waals surface area contributed by atoms with Crippen LogP contribution in [0.4, 0.5) is 0 Å². The van der Waals surface area contributed by atoms with E-state index in [0.717, 1.165) is 11.4 Å². The third-order valence-corrected chi connectivity index (χ3v) is 5.50. The van der Waals surface area contributed by atoms with Crippen LogP contribution in [0, 0.1) is 13.3 Å². The van der Waals surface area contributed by atoms with E-state index in [2.05, 4.69) is 55.3 Å². The van der Waals surface area contributed by atoms with Gasteiger partial charge in [-0.1, -0.05) is 60.4 Å². The smallest absolute Gasteiger partial charge is 0.663 e. The van der Waals surface area contributed by atoms with Crippen LogP contribution < -0.4 is 0 Å². The Kier molecular flexibility index (Phi) is 10.3. The van der Waals surface area contributed by atoms with Gasteiger partial charge in [0.05, 0.1) is 0 Å². The molecule has 0 atom stereocenters. The Balaban J connectivity index is 0.000000213. The number of allylic oxidation sites excluding steroid dienone is 8. The Labute approximate surface area is 205 Å². The summed E-state index contributed by atoms with van der Waals surface area (Å²) in [5, 5.41) is 8.52. The van der Waals surface area contributed by atoms with Gasteiger partial charge in [-0.3, -0.25) is 0 Å². The molecule has 4 heterocycles. The molecule has 0 aromatic heterocycles. The van der Waals surface area contributed by atoms with Crippen LogP contribution in [0.5, 0.6) is 0 Å². The molecule has 0 saturated carbocycles. The molecule has 0 N–H and O–H groups in total. The molecule has 0 bridgehead atoms. The quantitative estimate of drug-likeness (QED) is 0.259. The Morgan fingerprint density at radius 2 is 1.16 bits per heavy atom. The largest absolute Gasteiger partial charge is 4.00 e. The standard InChI is InChI=1S/2C11H13N3S.Fe/c2*1-10-7-14(15-2)9-13(10)8-11-5-3-4-6-12-11;/h2*3-9H,1-2H3;/q2*-2;+4/b2*11-8-;. The first-order valence-electron chi connectivity index (χ1n) is 9.39. The molecule has 6 nitrogen and oxygen atoms in total. The van der Waals surface area contributed by atoms with Gasteiger partial charge in [0.2, 0.25) is 0 Å². The van der Waals surface area contributed by atoms with Gasteiger partial charge in [-0.15, -0.1) is 24.7 Å². The van der Waals surface area contributed by atoms with Crippen LogP contribution in [0.1, 0.15) is 13.8 Å². The van der Waals surface area contributed by atoms with Crippen molar-refractivity contribution < 1.29 is 17.1 Å². The fourth-order valence-corrected chi connectivity index (χ4v) is 3.56. The fraction of sp³-hybridized carbons (Fsp3) is 0.182. The summed E-state index contributed by atoms with van der Waals surface area (Å²) in [6.45, 7) is 8.22. The third kappa shape index (κ3) is 7.54. The zero-order chi connectivity index (χ0) is 21.3. The topological polar surface area (TPSA) is 41.2 Å². The van der Waals surface area contributed by atoms with E-state index in [4.69, 9.17) is 0 Å².